The number of likely N-dealkylation sites (tertiary alicyclic amines) is 1. The fourth-order valence-electron chi connectivity index (χ4n) is 4.81. The number of carboxylic acid groups (broad SMARTS) is 1. The molecule has 208 valence electrons. The van der Waals surface area contributed by atoms with Crippen LogP contribution in [0.2, 0.25) is 0 Å². The Labute approximate surface area is 227 Å². The van der Waals surface area contributed by atoms with Crippen LogP contribution in [0.15, 0.2) is 30.5 Å². The van der Waals surface area contributed by atoms with Gasteiger partial charge in [0.1, 0.15) is 18.1 Å². The van der Waals surface area contributed by atoms with E-state index >= 15 is 0 Å². The third kappa shape index (κ3) is 7.08. The van der Waals surface area contributed by atoms with Gasteiger partial charge in [0.15, 0.2) is 0 Å². The van der Waals surface area contributed by atoms with Crippen LogP contribution >= 0.6 is 11.8 Å². The summed E-state index contributed by atoms with van der Waals surface area (Å²) in [4.78, 5) is 56.4. The van der Waals surface area contributed by atoms with E-state index in [0.29, 0.717) is 32.2 Å². The topological polar surface area (TPSA) is 158 Å². The molecule has 6 N–H and O–H groups in total. The Hall–Kier alpha value is -3.05. The molecule has 1 saturated heterocycles. The van der Waals surface area contributed by atoms with Crippen molar-refractivity contribution in [2.24, 2.45) is 11.7 Å². The van der Waals surface area contributed by atoms with E-state index in [0.717, 1.165) is 22.2 Å². The third-order valence-corrected chi connectivity index (χ3v) is 7.94. The number of carbonyl (C=O) groups excluding carboxylic acids is 3. The fraction of sp³-hybridized carbons (Fsp3) is 0.556. The zero-order chi connectivity index (χ0) is 27.8. The summed E-state index contributed by atoms with van der Waals surface area (Å²) in [5.41, 5.74) is 7.76. The van der Waals surface area contributed by atoms with E-state index in [1.54, 1.807) is 18.0 Å². The average Bonchev–Trinajstić information content (AvgIpc) is 3.56. The maximum atomic E-state index is 13.7. The van der Waals surface area contributed by atoms with Gasteiger partial charge in [0.2, 0.25) is 17.7 Å². The van der Waals surface area contributed by atoms with Crippen LogP contribution in [-0.2, 0) is 25.6 Å². The number of carbonyl (C=O) groups is 4. The molecule has 1 aliphatic rings. The number of para-hydroxylation sites is 1. The van der Waals surface area contributed by atoms with Gasteiger partial charge in [-0.3, -0.25) is 14.4 Å². The standard InChI is InChI=1S/C27H39N5O5S/c1-4-16(2)23(31-24(33)19(28)11-13-38-3)25(34)30-21(26(35)32-12-7-10-22(32)27(36)37)14-17-15-29-20-9-6-5-8-18(17)20/h5-6,8-9,15-16,19,21-23,29H,4,7,10-14,28H2,1-3H3,(H,30,34)(H,31,33)(H,36,37). The van der Waals surface area contributed by atoms with Gasteiger partial charge in [-0.25, -0.2) is 4.79 Å². The number of thioether (sulfide) groups is 1. The Morgan fingerprint density at radius 1 is 1.21 bits per heavy atom. The van der Waals surface area contributed by atoms with Gasteiger partial charge in [0.05, 0.1) is 6.04 Å². The minimum Gasteiger partial charge on any atom is -0.480 e. The van der Waals surface area contributed by atoms with Crippen molar-refractivity contribution in [1.82, 2.24) is 20.5 Å². The van der Waals surface area contributed by atoms with Crippen molar-refractivity contribution >= 4 is 46.4 Å². The fourth-order valence-corrected chi connectivity index (χ4v) is 5.30. The van der Waals surface area contributed by atoms with Gasteiger partial charge in [0, 0.05) is 30.1 Å². The van der Waals surface area contributed by atoms with Crippen molar-refractivity contribution in [2.75, 3.05) is 18.6 Å². The second kappa shape index (κ2) is 13.7. The summed E-state index contributed by atoms with van der Waals surface area (Å²) in [5, 5.41) is 16.2. The molecule has 3 amide bonds. The van der Waals surface area contributed by atoms with Crippen LogP contribution < -0.4 is 16.4 Å². The van der Waals surface area contributed by atoms with Crippen LogP contribution in [0.1, 0.15) is 45.1 Å². The summed E-state index contributed by atoms with van der Waals surface area (Å²) >= 11 is 1.59. The second-order valence-electron chi connectivity index (χ2n) is 9.91. The monoisotopic (exact) mass is 545 g/mol. The predicted octanol–water partition coefficient (Wildman–Crippen LogP) is 1.88. The summed E-state index contributed by atoms with van der Waals surface area (Å²) in [7, 11) is 0. The van der Waals surface area contributed by atoms with Gasteiger partial charge in [-0.1, -0.05) is 38.5 Å². The molecule has 1 aliphatic heterocycles. The molecular weight excluding hydrogens is 506 g/mol. The number of nitrogens with zero attached hydrogens (tertiary/aromatic N) is 1. The number of H-pyrrole nitrogens is 1. The first kappa shape index (κ1) is 29.5. The van der Waals surface area contributed by atoms with Crippen molar-refractivity contribution in [2.45, 2.75) is 70.1 Å². The Morgan fingerprint density at radius 2 is 1.95 bits per heavy atom. The summed E-state index contributed by atoms with van der Waals surface area (Å²) in [5.74, 6) is -1.90. The number of fused-ring (bicyclic) bond motifs is 1. The Kier molecular flexibility index (Phi) is 10.6. The van der Waals surface area contributed by atoms with Gasteiger partial charge < -0.3 is 31.4 Å². The third-order valence-electron chi connectivity index (χ3n) is 7.30. The number of aliphatic carboxylic acids is 1. The Balaban J connectivity index is 1.86. The molecule has 0 spiro atoms. The van der Waals surface area contributed by atoms with Crippen LogP contribution in [0.4, 0.5) is 0 Å². The molecule has 3 rings (SSSR count). The van der Waals surface area contributed by atoms with Crippen molar-refractivity contribution in [3.8, 4) is 0 Å². The molecule has 0 bridgehead atoms. The number of nitrogens with two attached hydrogens (primary N) is 1. The van der Waals surface area contributed by atoms with Gasteiger partial charge in [0.25, 0.3) is 0 Å². The first-order valence-corrected chi connectivity index (χ1v) is 14.5. The SMILES string of the molecule is CCC(C)C(NC(=O)C(N)CCSC)C(=O)NC(Cc1c[nH]c2ccccc12)C(=O)N1CCCC1C(=O)O. The van der Waals surface area contributed by atoms with E-state index in [1.807, 2.05) is 44.4 Å². The van der Waals surface area contributed by atoms with E-state index in [2.05, 4.69) is 15.6 Å². The minimum absolute atomic E-state index is 0.172. The molecule has 5 atom stereocenters. The Bertz CT molecular complexity index is 1140. The highest BCUT2D eigenvalue weighted by atomic mass is 32.2. The lowest BCUT2D eigenvalue weighted by atomic mass is 9.96. The molecule has 0 radical (unpaired) electrons. The number of aromatic amines is 1. The van der Waals surface area contributed by atoms with Crippen molar-refractivity contribution in [3.63, 3.8) is 0 Å². The molecule has 1 fully saturated rings. The molecule has 1 aromatic heterocycles. The number of nitrogens with one attached hydrogen (secondary N) is 3. The first-order valence-electron chi connectivity index (χ1n) is 13.1. The van der Waals surface area contributed by atoms with Gasteiger partial charge >= 0.3 is 5.97 Å². The molecule has 0 saturated carbocycles. The van der Waals surface area contributed by atoms with Crippen molar-refractivity contribution in [3.05, 3.63) is 36.0 Å². The Morgan fingerprint density at radius 3 is 2.63 bits per heavy atom. The van der Waals surface area contributed by atoms with E-state index in [4.69, 9.17) is 5.73 Å². The molecule has 10 nitrogen and oxygen atoms in total. The normalized spacial score (nSPS) is 18.5. The highest BCUT2D eigenvalue weighted by molar-refractivity contribution is 7.98. The molecule has 11 heteroatoms. The molecule has 5 unspecified atom stereocenters. The van der Waals surface area contributed by atoms with Crippen LogP contribution in [0.25, 0.3) is 10.9 Å². The minimum atomic E-state index is -1.06. The predicted molar refractivity (Wildman–Crippen MR) is 149 cm³/mol. The molecular formula is C27H39N5O5S. The number of hydrogen-bond acceptors (Lipinski definition) is 6. The van der Waals surface area contributed by atoms with Crippen molar-refractivity contribution < 1.29 is 24.3 Å². The van der Waals surface area contributed by atoms with E-state index in [9.17, 15) is 24.3 Å². The second-order valence-corrected chi connectivity index (χ2v) is 10.9. The molecule has 2 aromatic rings. The summed E-state index contributed by atoms with van der Waals surface area (Å²) < 4.78 is 0. The quantitative estimate of drug-likeness (QED) is 0.257. The highest BCUT2D eigenvalue weighted by Gasteiger charge is 2.39. The van der Waals surface area contributed by atoms with Gasteiger partial charge in [-0.05, 0) is 48.8 Å². The molecule has 0 aliphatic carbocycles. The zero-order valence-corrected chi connectivity index (χ0v) is 23.1. The number of aromatic nitrogens is 1. The number of rotatable bonds is 13. The lowest BCUT2D eigenvalue weighted by molar-refractivity contribution is -0.149. The van der Waals surface area contributed by atoms with E-state index < -0.39 is 47.9 Å². The zero-order valence-electron chi connectivity index (χ0n) is 22.2. The van der Waals surface area contributed by atoms with Gasteiger partial charge in [-0.2, -0.15) is 11.8 Å². The maximum Gasteiger partial charge on any atom is 0.326 e. The lowest BCUT2D eigenvalue weighted by Crippen LogP contribution is -2.59. The molecule has 38 heavy (non-hydrogen) atoms. The summed E-state index contributed by atoms with van der Waals surface area (Å²) in [6, 6.07) is 4.08. The van der Waals surface area contributed by atoms with E-state index in [-0.39, 0.29) is 12.3 Å². The van der Waals surface area contributed by atoms with Crippen LogP contribution in [0.5, 0.6) is 0 Å². The van der Waals surface area contributed by atoms with Crippen LogP contribution in [-0.4, -0.2) is 81.4 Å². The molecule has 2 heterocycles. The molecule has 1 aromatic carbocycles. The van der Waals surface area contributed by atoms with Crippen LogP contribution in [0, 0.1) is 5.92 Å². The van der Waals surface area contributed by atoms with Gasteiger partial charge in [-0.15, -0.1) is 0 Å². The summed E-state index contributed by atoms with van der Waals surface area (Å²) in [6.07, 6.45) is 5.95. The summed E-state index contributed by atoms with van der Waals surface area (Å²) in [6.45, 7) is 4.09. The highest BCUT2D eigenvalue weighted by Crippen LogP contribution is 2.23. The smallest absolute Gasteiger partial charge is 0.326 e. The number of carboxylic acids is 1. The maximum absolute atomic E-state index is 13.7. The van der Waals surface area contributed by atoms with E-state index in [1.165, 1.54) is 4.90 Å². The largest absolute Gasteiger partial charge is 0.480 e. The van der Waals surface area contributed by atoms with Crippen molar-refractivity contribution in [1.29, 1.82) is 0 Å². The first-order chi connectivity index (χ1) is 18.2. The van der Waals surface area contributed by atoms with Crippen LogP contribution in [0.3, 0.4) is 0 Å². The number of amides is 3. The number of hydrogen-bond donors (Lipinski definition) is 5. The number of benzene rings is 1. The average molecular weight is 546 g/mol. The lowest BCUT2D eigenvalue weighted by Gasteiger charge is -2.30.